The lowest BCUT2D eigenvalue weighted by Gasteiger charge is -2.37. The molecule has 19 heavy (non-hydrogen) atoms. The van der Waals surface area contributed by atoms with Gasteiger partial charge in [0, 0.05) is 29.9 Å². The van der Waals surface area contributed by atoms with Gasteiger partial charge in [0.2, 0.25) is 0 Å². The summed E-state index contributed by atoms with van der Waals surface area (Å²) >= 11 is 0. The highest BCUT2D eigenvalue weighted by atomic mass is 16.5. The number of hydrogen-bond donors (Lipinski definition) is 1. The highest BCUT2D eigenvalue weighted by molar-refractivity contribution is 5.92. The average Bonchev–Trinajstić information content (AvgIpc) is 2.46. The Morgan fingerprint density at radius 3 is 3.11 bits per heavy atom. The van der Waals surface area contributed by atoms with Crippen LogP contribution in [-0.4, -0.2) is 37.3 Å². The number of pyridine rings is 1. The largest absolute Gasteiger partial charge is 0.377 e. The van der Waals surface area contributed by atoms with Crippen molar-refractivity contribution < 1.29 is 4.74 Å². The number of ether oxygens (including phenoxy) is 1. The van der Waals surface area contributed by atoms with Gasteiger partial charge in [-0.25, -0.2) is 0 Å². The van der Waals surface area contributed by atoms with Crippen molar-refractivity contribution in [3.63, 3.8) is 0 Å². The molecule has 4 nitrogen and oxygen atoms in total. The normalized spacial score (nSPS) is 19.9. The molecule has 0 spiro atoms. The standard InChI is InChI=1S/C15H19N3O/c1-11-8-15(13-4-2-3-5-14(13)17-11)18-6-7-19-10-12(18)9-16/h2-5,8,12H,6-7,9-10,16H2,1H3. The molecule has 0 radical (unpaired) electrons. The molecule has 1 unspecified atom stereocenters. The molecular formula is C15H19N3O. The van der Waals surface area contributed by atoms with Gasteiger partial charge < -0.3 is 15.4 Å². The van der Waals surface area contributed by atoms with Gasteiger partial charge in [-0.15, -0.1) is 0 Å². The van der Waals surface area contributed by atoms with E-state index in [0.717, 1.165) is 24.4 Å². The first-order valence-electron chi connectivity index (χ1n) is 6.70. The second-order valence-corrected chi connectivity index (χ2v) is 4.96. The first-order chi connectivity index (χ1) is 9.29. The number of morpholine rings is 1. The van der Waals surface area contributed by atoms with Crippen molar-refractivity contribution in [1.82, 2.24) is 4.98 Å². The van der Waals surface area contributed by atoms with E-state index in [0.29, 0.717) is 13.2 Å². The third-order valence-corrected chi connectivity index (χ3v) is 3.63. The Hall–Kier alpha value is -1.65. The van der Waals surface area contributed by atoms with E-state index in [1.165, 1.54) is 11.1 Å². The number of rotatable bonds is 2. The van der Waals surface area contributed by atoms with E-state index in [2.05, 4.69) is 34.1 Å². The van der Waals surface area contributed by atoms with Crippen molar-refractivity contribution in [1.29, 1.82) is 0 Å². The number of anilines is 1. The molecule has 1 aliphatic rings. The summed E-state index contributed by atoms with van der Waals surface area (Å²) in [6.07, 6.45) is 0. The quantitative estimate of drug-likeness (QED) is 0.890. The van der Waals surface area contributed by atoms with Gasteiger partial charge in [0.05, 0.1) is 24.8 Å². The number of benzene rings is 1. The number of aromatic nitrogens is 1. The third kappa shape index (κ3) is 2.29. The SMILES string of the molecule is Cc1cc(N2CCOCC2CN)c2ccccc2n1. The maximum absolute atomic E-state index is 5.88. The molecule has 4 heteroatoms. The van der Waals surface area contributed by atoms with Crippen LogP contribution in [-0.2, 0) is 4.74 Å². The molecule has 2 aromatic rings. The molecule has 2 heterocycles. The van der Waals surface area contributed by atoms with Crippen LogP contribution in [0.15, 0.2) is 30.3 Å². The second kappa shape index (κ2) is 5.15. The Morgan fingerprint density at radius 2 is 2.26 bits per heavy atom. The Labute approximate surface area is 113 Å². The minimum Gasteiger partial charge on any atom is -0.377 e. The van der Waals surface area contributed by atoms with Crippen molar-refractivity contribution in [3.05, 3.63) is 36.0 Å². The lowest BCUT2D eigenvalue weighted by atomic mass is 10.1. The summed E-state index contributed by atoms with van der Waals surface area (Å²) in [7, 11) is 0. The third-order valence-electron chi connectivity index (χ3n) is 3.63. The van der Waals surface area contributed by atoms with Crippen LogP contribution in [0, 0.1) is 6.92 Å². The smallest absolute Gasteiger partial charge is 0.0726 e. The molecule has 0 aliphatic carbocycles. The molecular weight excluding hydrogens is 238 g/mol. The number of fused-ring (bicyclic) bond motifs is 1. The van der Waals surface area contributed by atoms with Crippen LogP contribution >= 0.6 is 0 Å². The van der Waals surface area contributed by atoms with Gasteiger partial charge in [-0.1, -0.05) is 18.2 Å². The monoisotopic (exact) mass is 257 g/mol. The predicted molar refractivity (Wildman–Crippen MR) is 77.5 cm³/mol. The maximum atomic E-state index is 5.88. The lowest BCUT2D eigenvalue weighted by Crippen LogP contribution is -2.49. The molecule has 100 valence electrons. The molecule has 1 atom stereocenters. The Kier molecular flexibility index (Phi) is 3.36. The van der Waals surface area contributed by atoms with E-state index in [-0.39, 0.29) is 6.04 Å². The van der Waals surface area contributed by atoms with Crippen molar-refractivity contribution in [2.45, 2.75) is 13.0 Å². The zero-order valence-corrected chi connectivity index (χ0v) is 11.2. The molecule has 0 amide bonds. The van der Waals surface area contributed by atoms with Gasteiger partial charge in [-0.2, -0.15) is 0 Å². The van der Waals surface area contributed by atoms with Crippen LogP contribution in [0.5, 0.6) is 0 Å². The Bertz CT molecular complexity index is 585. The highest BCUT2D eigenvalue weighted by Crippen LogP contribution is 2.29. The first-order valence-corrected chi connectivity index (χ1v) is 6.70. The molecule has 2 N–H and O–H groups in total. The number of nitrogens with two attached hydrogens (primary N) is 1. The van der Waals surface area contributed by atoms with Crippen LogP contribution in [0.3, 0.4) is 0 Å². The minimum atomic E-state index is 0.249. The van der Waals surface area contributed by atoms with Crippen molar-refractivity contribution in [2.75, 3.05) is 31.2 Å². The maximum Gasteiger partial charge on any atom is 0.0726 e. The van der Waals surface area contributed by atoms with Crippen molar-refractivity contribution in [2.24, 2.45) is 5.73 Å². The number of aryl methyl sites for hydroxylation is 1. The fourth-order valence-corrected chi connectivity index (χ4v) is 2.69. The Balaban J connectivity index is 2.12. The van der Waals surface area contributed by atoms with Crippen LogP contribution in [0.25, 0.3) is 10.9 Å². The van der Waals surface area contributed by atoms with Gasteiger partial charge in [0.1, 0.15) is 0 Å². The molecule has 1 fully saturated rings. The van der Waals surface area contributed by atoms with E-state index in [4.69, 9.17) is 10.5 Å². The summed E-state index contributed by atoms with van der Waals surface area (Å²) in [5.41, 5.74) is 9.18. The summed E-state index contributed by atoms with van der Waals surface area (Å²) in [5.74, 6) is 0. The lowest BCUT2D eigenvalue weighted by molar-refractivity contribution is 0.0964. The van der Waals surface area contributed by atoms with Crippen molar-refractivity contribution >= 4 is 16.6 Å². The summed E-state index contributed by atoms with van der Waals surface area (Å²) in [5, 5.41) is 1.19. The fourth-order valence-electron chi connectivity index (χ4n) is 2.69. The summed E-state index contributed by atoms with van der Waals surface area (Å²) in [6, 6.07) is 10.7. The molecule has 0 saturated carbocycles. The summed E-state index contributed by atoms with van der Waals surface area (Å²) < 4.78 is 5.53. The van der Waals surface area contributed by atoms with Gasteiger partial charge in [-0.3, -0.25) is 4.98 Å². The van der Waals surface area contributed by atoms with Gasteiger partial charge >= 0.3 is 0 Å². The van der Waals surface area contributed by atoms with Gasteiger partial charge in [0.25, 0.3) is 0 Å². The number of nitrogens with zero attached hydrogens (tertiary/aromatic N) is 2. The number of para-hydroxylation sites is 1. The average molecular weight is 257 g/mol. The number of hydrogen-bond acceptors (Lipinski definition) is 4. The molecule has 1 aliphatic heterocycles. The molecule has 1 saturated heterocycles. The fraction of sp³-hybridized carbons (Fsp3) is 0.400. The summed E-state index contributed by atoms with van der Waals surface area (Å²) in [6.45, 7) is 4.98. The van der Waals surface area contributed by atoms with Crippen LogP contribution in [0.1, 0.15) is 5.69 Å². The van der Waals surface area contributed by atoms with Crippen molar-refractivity contribution in [3.8, 4) is 0 Å². The van der Waals surface area contributed by atoms with E-state index >= 15 is 0 Å². The van der Waals surface area contributed by atoms with E-state index < -0.39 is 0 Å². The highest BCUT2D eigenvalue weighted by Gasteiger charge is 2.23. The Morgan fingerprint density at radius 1 is 1.42 bits per heavy atom. The zero-order valence-electron chi connectivity index (χ0n) is 11.2. The minimum absolute atomic E-state index is 0.249. The molecule has 0 bridgehead atoms. The van der Waals surface area contributed by atoms with Crippen LogP contribution in [0.4, 0.5) is 5.69 Å². The summed E-state index contributed by atoms with van der Waals surface area (Å²) in [4.78, 5) is 6.95. The van der Waals surface area contributed by atoms with E-state index in [1.807, 2.05) is 13.0 Å². The van der Waals surface area contributed by atoms with Gasteiger partial charge in [0.15, 0.2) is 0 Å². The second-order valence-electron chi connectivity index (χ2n) is 4.96. The van der Waals surface area contributed by atoms with Gasteiger partial charge in [-0.05, 0) is 19.1 Å². The molecule has 1 aromatic heterocycles. The van der Waals surface area contributed by atoms with Crippen LogP contribution < -0.4 is 10.6 Å². The van der Waals surface area contributed by atoms with E-state index in [9.17, 15) is 0 Å². The molecule has 1 aromatic carbocycles. The zero-order chi connectivity index (χ0) is 13.2. The molecule has 3 rings (SSSR count). The topological polar surface area (TPSA) is 51.4 Å². The predicted octanol–water partition coefficient (Wildman–Crippen LogP) is 1.71. The van der Waals surface area contributed by atoms with E-state index in [1.54, 1.807) is 0 Å². The first kappa shape index (κ1) is 12.4. The van der Waals surface area contributed by atoms with Crippen LogP contribution in [0.2, 0.25) is 0 Å².